The summed E-state index contributed by atoms with van der Waals surface area (Å²) in [6.45, 7) is 7.81. The minimum Gasteiger partial charge on any atom is -0.338 e. The van der Waals surface area contributed by atoms with Gasteiger partial charge in [0.05, 0.1) is 6.04 Å². The predicted octanol–water partition coefficient (Wildman–Crippen LogP) is 1.30. The van der Waals surface area contributed by atoms with Crippen molar-refractivity contribution in [1.82, 2.24) is 9.80 Å². The topological polar surface area (TPSA) is 49.6 Å². The average molecular weight is 243 g/mol. The number of nitrogens with zero attached hydrogens (tertiary/aromatic N) is 2. The minimum atomic E-state index is -0.334. The van der Waals surface area contributed by atoms with Crippen LogP contribution in [-0.2, 0) is 4.79 Å². The quantitative estimate of drug-likeness (QED) is 0.699. The maximum Gasteiger partial charge on any atom is 0.239 e. The minimum absolute atomic E-state index is 0.0929. The van der Waals surface area contributed by atoms with Gasteiger partial charge >= 0.3 is 0 Å². The highest BCUT2D eigenvalue weighted by Crippen LogP contribution is 2.07. The number of hydrogen-bond acceptors (Lipinski definition) is 3. The first-order valence-corrected chi connectivity index (χ1v) is 6.64. The predicted molar refractivity (Wildman–Crippen MR) is 72.9 cm³/mol. The highest BCUT2D eigenvalue weighted by atomic mass is 16.2. The number of nitrogens with two attached hydrogens (primary N) is 1. The lowest BCUT2D eigenvalue weighted by atomic mass is 10.1. The van der Waals surface area contributed by atoms with E-state index in [0.29, 0.717) is 0 Å². The number of carbonyl (C=O) groups is 1. The molecule has 2 unspecified atom stereocenters. The number of unbranched alkanes of at least 4 members (excludes halogenated alkanes) is 1. The molecular weight excluding hydrogens is 214 g/mol. The van der Waals surface area contributed by atoms with Crippen molar-refractivity contribution in [3.05, 3.63) is 0 Å². The van der Waals surface area contributed by atoms with E-state index in [1.54, 1.807) is 0 Å². The van der Waals surface area contributed by atoms with E-state index in [1.807, 2.05) is 25.9 Å². The second-order valence-electron chi connectivity index (χ2n) is 4.98. The Morgan fingerprint density at radius 3 is 2.29 bits per heavy atom. The Morgan fingerprint density at radius 1 is 1.29 bits per heavy atom. The first kappa shape index (κ1) is 16.4. The Morgan fingerprint density at radius 2 is 1.88 bits per heavy atom. The van der Waals surface area contributed by atoms with Crippen LogP contribution in [0.4, 0.5) is 0 Å². The largest absolute Gasteiger partial charge is 0.338 e. The lowest BCUT2D eigenvalue weighted by Crippen LogP contribution is -2.50. The molecule has 2 N–H and O–H groups in total. The Bertz CT molecular complexity index is 219. The van der Waals surface area contributed by atoms with Crippen molar-refractivity contribution in [3.63, 3.8) is 0 Å². The van der Waals surface area contributed by atoms with E-state index in [2.05, 4.69) is 18.7 Å². The molecular formula is C13H29N3O. The molecule has 102 valence electrons. The van der Waals surface area contributed by atoms with Gasteiger partial charge in [-0.3, -0.25) is 4.79 Å². The van der Waals surface area contributed by atoms with Crippen LogP contribution in [0.5, 0.6) is 0 Å². The van der Waals surface area contributed by atoms with Gasteiger partial charge in [0.15, 0.2) is 0 Å². The van der Waals surface area contributed by atoms with Crippen LogP contribution in [0.3, 0.4) is 0 Å². The van der Waals surface area contributed by atoms with Crippen LogP contribution in [-0.4, -0.2) is 55.0 Å². The molecule has 0 aliphatic heterocycles. The van der Waals surface area contributed by atoms with E-state index in [9.17, 15) is 4.79 Å². The summed E-state index contributed by atoms with van der Waals surface area (Å²) in [5.74, 6) is 0.0929. The fourth-order valence-corrected chi connectivity index (χ4v) is 2.07. The van der Waals surface area contributed by atoms with Gasteiger partial charge in [0.2, 0.25) is 5.91 Å². The molecule has 0 bridgehead atoms. The molecule has 1 amide bonds. The summed E-state index contributed by atoms with van der Waals surface area (Å²) < 4.78 is 0. The zero-order valence-electron chi connectivity index (χ0n) is 12.1. The van der Waals surface area contributed by atoms with Crippen molar-refractivity contribution >= 4 is 5.91 Å². The monoisotopic (exact) mass is 243 g/mol. The molecule has 0 rings (SSSR count). The van der Waals surface area contributed by atoms with Gasteiger partial charge < -0.3 is 15.5 Å². The zero-order chi connectivity index (χ0) is 13.4. The summed E-state index contributed by atoms with van der Waals surface area (Å²) in [7, 11) is 4.04. The Balaban J connectivity index is 4.37. The fourth-order valence-electron chi connectivity index (χ4n) is 2.07. The van der Waals surface area contributed by atoms with Crippen LogP contribution in [0, 0.1) is 0 Å². The molecule has 0 aromatic rings. The van der Waals surface area contributed by atoms with Gasteiger partial charge in [0, 0.05) is 19.1 Å². The van der Waals surface area contributed by atoms with Gasteiger partial charge in [-0.15, -0.1) is 0 Å². The van der Waals surface area contributed by atoms with Gasteiger partial charge in [-0.25, -0.2) is 0 Å². The van der Waals surface area contributed by atoms with Crippen molar-refractivity contribution in [2.75, 3.05) is 27.2 Å². The first-order chi connectivity index (χ1) is 7.93. The van der Waals surface area contributed by atoms with Gasteiger partial charge in [-0.1, -0.05) is 19.8 Å². The molecule has 4 heteroatoms. The normalized spacial score (nSPS) is 14.8. The highest BCUT2D eigenvalue weighted by Gasteiger charge is 2.23. The maximum atomic E-state index is 12.2. The van der Waals surface area contributed by atoms with Crippen molar-refractivity contribution in [2.45, 2.75) is 52.1 Å². The van der Waals surface area contributed by atoms with Gasteiger partial charge in [0.1, 0.15) is 0 Å². The summed E-state index contributed by atoms with van der Waals surface area (Å²) in [5, 5.41) is 0. The van der Waals surface area contributed by atoms with E-state index in [4.69, 9.17) is 5.73 Å². The van der Waals surface area contributed by atoms with E-state index in [1.165, 1.54) is 0 Å². The summed E-state index contributed by atoms with van der Waals surface area (Å²) in [6.07, 6.45) is 2.90. The van der Waals surface area contributed by atoms with Crippen LogP contribution >= 0.6 is 0 Å². The van der Waals surface area contributed by atoms with Gasteiger partial charge in [-0.2, -0.15) is 0 Å². The summed E-state index contributed by atoms with van der Waals surface area (Å²) in [6, 6.07) is -0.116. The third-order valence-corrected chi connectivity index (χ3v) is 2.97. The van der Waals surface area contributed by atoms with Crippen molar-refractivity contribution in [3.8, 4) is 0 Å². The molecule has 0 fully saturated rings. The molecule has 0 saturated carbocycles. The van der Waals surface area contributed by atoms with Crippen molar-refractivity contribution in [2.24, 2.45) is 5.73 Å². The standard InChI is InChI=1S/C13H29N3O/c1-6-8-9-12(14)13(17)16(7-2)11(3)10-15(4)5/h11-12H,6-10,14H2,1-5H3. The molecule has 0 aromatic carbocycles. The molecule has 0 aromatic heterocycles. The van der Waals surface area contributed by atoms with Crippen LogP contribution in [0.1, 0.15) is 40.0 Å². The fraction of sp³-hybridized carbons (Fsp3) is 0.923. The zero-order valence-corrected chi connectivity index (χ0v) is 12.1. The third kappa shape index (κ3) is 6.03. The summed E-state index contributed by atoms with van der Waals surface area (Å²) >= 11 is 0. The van der Waals surface area contributed by atoms with Crippen molar-refractivity contribution in [1.29, 1.82) is 0 Å². The SMILES string of the molecule is CCCCC(N)C(=O)N(CC)C(C)CN(C)C. The summed E-state index contributed by atoms with van der Waals surface area (Å²) in [4.78, 5) is 16.2. The number of carbonyl (C=O) groups excluding carboxylic acids is 1. The van der Waals surface area contributed by atoms with E-state index in [-0.39, 0.29) is 18.0 Å². The maximum absolute atomic E-state index is 12.2. The second-order valence-corrected chi connectivity index (χ2v) is 4.98. The molecule has 4 nitrogen and oxygen atoms in total. The summed E-state index contributed by atoms with van der Waals surface area (Å²) in [5.41, 5.74) is 5.94. The van der Waals surface area contributed by atoms with Crippen LogP contribution in [0.15, 0.2) is 0 Å². The molecule has 17 heavy (non-hydrogen) atoms. The molecule has 0 radical (unpaired) electrons. The average Bonchev–Trinajstić information content (AvgIpc) is 2.25. The van der Waals surface area contributed by atoms with Crippen LogP contribution < -0.4 is 5.73 Å². The van der Waals surface area contributed by atoms with Crippen molar-refractivity contribution < 1.29 is 4.79 Å². The number of rotatable bonds is 8. The Labute approximate surface area is 106 Å². The van der Waals surface area contributed by atoms with Gasteiger partial charge in [0.25, 0.3) is 0 Å². The molecule has 0 spiro atoms. The Hall–Kier alpha value is -0.610. The number of amides is 1. The van der Waals surface area contributed by atoms with Crippen LogP contribution in [0.25, 0.3) is 0 Å². The number of likely N-dealkylation sites (N-methyl/N-ethyl adjacent to an activating group) is 2. The van der Waals surface area contributed by atoms with Crippen LogP contribution in [0.2, 0.25) is 0 Å². The van der Waals surface area contributed by atoms with E-state index < -0.39 is 0 Å². The molecule has 2 atom stereocenters. The Kier molecular flexibility index (Phi) is 8.17. The lowest BCUT2D eigenvalue weighted by Gasteiger charge is -2.32. The third-order valence-electron chi connectivity index (χ3n) is 2.97. The van der Waals surface area contributed by atoms with Gasteiger partial charge in [-0.05, 0) is 34.4 Å². The highest BCUT2D eigenvalue weighted by molar-refractivity contribution is 5.81. The molecule has 0 heterocycles. The first-order valence-electron chi connectivity index (χ1n) is 6.64. The second kappa shape index (κ2) is 8.48. The van der Waals surface area contributed by atoms with E-state index in [0.717, 1.165) is 32.4 Å². The smallest absolute Gasteiger partial charge is 0.239 e. The molecule has 0 aliphatic rings. The number of hydrogen-bond donors (Lipinski definition) is 1. The molecule has 0 saturated heterocycles. The lowest BCUT2D eigenvalue weighted by molar-refractivity contribution is -0.134. The molecule has 0 aliphatic carbocycles. The van der Waals surface area contributed by atoms with E-state index >= 15 is 0 Å².